The van der Waals surface area contributed by atoms with Gasteiger partial charge in [0, 0.05) is 11.1 Å². The molecule has 1 aromatic heterocycles. The van der Waals surface area contributed by atoms with E-state index in [4.69, 9.17) is 16.3 Å². The van der Waals surface area contributed by atoms with Crippen LogP contribution in [-0.4, -0.2) is 11.5 Å². The van der Waals surface area contributed by atoms with E-state index in [1.165, 1.54) is 0 Å². The first-order valence-corrected chi connectivity index (χ1v) is 6.69. The molecular weight excluding hydrogens is 260 g/mol. The zero-order chi connectivity index (χ0) is 13.7. The van der Waals surface area contributed by atoms with Gasteiger partial charge in [0.1, 0.15) is 11.5 Å². The molecule has 0 fully saturated rings. The van der Waals surface area contributed by atoms with E-state index in [1.54, 1.807) is 18.3 Å². The summed E-state index contributed by atoms with van der Waals surface area (Å²) in [7, 11) is 0. The number of halogens is 1. The lowest BCUT2D eigenvalue weighted by Gasteiger charge is -2.12. The van der Waals surface area contributed by atoms with E-state index in [-0.39, 0.29) is 6.04 Å². The van der Waals surface area contributed by atoms with E-state index in [0.717, 1.165) is 23.7 Å². The number of aromatic nitrogens is 1. The van der Waals surface area contributed by atoms with Crippen LogP contribution < -0.4 is 10.1 Å². The van der Waals surface area contributed by atoms with Gasteiger partial charge in [-0.1, -0.05) is 18.5 Å². The molecule has 2 aromatic rings. The number of hydrogen-bond donors (Lipinski definition) is 1. The molecule has 0 amide bonds. The summed E-state index contributed by atoms with van der Waals surface area (Å²) < 4.78 is 5.69. The van der Waals surface area contributed by atoms with E-state index < -0.39 is 0 Å². The summed E-state index contributed by atoms with van der Waals surface area (Å²) >= 11 is 5.83. The molecule has 1 N–H and O–H groups in total. The topological polar surface area (TPSA) is 34.1 Å². The van der Waals surface area contributed by atoms with E-state index >= 15 is 0 Å². The first-order valence-electron chi connectivity index (χ1n) is 6.32. The number of ether oxygens (including phenoxy) is 1. The van der Waals surface area contributed by atoms with Gasteiger partial charge in [0.05, 0.1) is 11.9 Å². The van der Waals surface area contributed by atoms with Crippen LogP contribution in [0.4, 0.5) is 0 Å². The average Bonchev–Trinajstić information content (AvgIpc) is 2.42. The largest absolute Gasteiger partial charge is 0.456 e. The normalized spacial score (nSPS) is 12.2. The second-order valence-corrected chi connectivity index (χ2v) is 4.69. The lowest BCUT2D eigenvalue weighted by molar-refractivity contribution is 0.478. The molecule has 2 rings (SSSR count). The molecule has 0 aliphatic carbocycles. The third-order valence-corrected chi connectivity index (χ3v) is 3.01. The fraction of sp³-hybridized carbons (Fsp3) is 0.267. The fourth-order valence-corrected chi connectivity index (χ4v) is 1.88. The smallest absolute Gasteiger partial charge is 0.145 e. The Morgan fingerprint density at radius 2 is 1.84 bits per heavy atom. The Bertz CT molecular complexity index is 511. The maximum absolute atomic E-state index is 5.83. The van der Waals surface area contributed by atoms with E-state index in [1.807, 2.05) is 24.3 Å². The van der Waals surface area contributed by atoms with Crippen molar-refractivity contribution in [2.75, 3.05) is 6.54 Å². The highest BCUT2D eigenvalue weighted by molar-refractivity contribution is 6.30. The quantitative estimate of drug-likeness (QED) is 0.889. The van der Waals surface area contributed by atoms with Crippen LogP contribution in [0.5, 0.6) is 11.5 Å². The predicted molar refractivity (Wildman–Crippen MR) is 77.9 cm³/mol. The van der Waals surface area contributed by atoms with Crippen molar-refractivity contribution in [1.82, 2.24) is 10.3 Å². The lowest BCUT2D eigenvalue weighted by Crippen LogP contribution is -2.18. The molecule has 1 unspecified atom stereocenters. The summed E-state index contributed by atoms with van der Waals surface area (Å²) in [5.41, 5.74) is 1.00. The van der Waals surface area contributed by atoms with Gasteiger partial charge in [0.25, 0.3) is 0 Å². The van der Waals surface area contributed by atoms with Gasteiger partial charge in [0.2, 0.25) is 0 Å². The van der Waals surface area contributed by atoms with Crippen molar-refractivity contribution in [2.24, 2.45) is 0 Å². The van der Waals surface area contributed by atoms with Crippen LogP contribution >= 0.6 is 11.6 Å². The second-order valence-electron chi connectivity index (χ2n) is 4.25. The van der Waals surface area contributed by atoms with Crippen LogP contribution in [0.2, 0.25) is 5.02 Å². The molecule has 0 saturated heterocycles. The first-order chi connectivity index (χ1) is 9.19. The van der Waals surface area contributed by atoms with Gasteiger partial charge < -0.3 is 10.1 Å². The van der Waals surface area contributed by atoms with Crippen LogP contribution in [0.25, 0.3) is 0 Å². The third kappa shape index (κ3) is 3.94. The van der Waals surface area contributed by atoms with Crippen molar-refractivity contribution in [3.63, 3.8) is 0 Å². The molecule has 0 spiro atoms. The molecular formula is C15H17ClN2O. The summed E-state index contributed by atoms with van der Waals surface area (Å²) in [6, 6.07) is 11.4. The van der Waals surface area contributed by atoms with Crippen LogP contribution in [-0.2, 0) is 0 Å². The Hall–Kier alpha value is -1.58. The Morgan fingerprint density at radius 3 is 2.42 bits per heavy atom. The lowest BCUT2D eigenvalue weighted by atomic mass is 10.2. The zero-order valence-electron chi connectivity index (χ0n) is 11.1. The maximum Gasteiger partial charge on any atom is 0.145 e. The Balaban J connectivity index is 2.04. The molecule has 3 nitrogen and oxygen atoms in total. The molecule has 0 aliphatic heterocycles. The maximum atomic E-state index is 5.83. The van der Waals surface area contributed by atoms with Gasteiger partial charge >= 0.3 is 0 Å². The molecule has 100 valence electrons. The number of hydrogen-bond acceptors (Lipinski definition) is 3. The summed E-state index contributed by atoms with van der Waals surface area (Å²) in [6.45, 7) is 5.09. The van der Waals surface area contributed by atoms with Crippen LogP contribution in [0, 0.1) is 0 Å². The highest BCUT2D eigenvalue weighted by Crippen LogP contribution is 2.23. The van der Waals surface area contributed by atoms with Crippen molar-refractivity contribution in [2.45, 2.75) is 19.9 Å². The Labute approximate surface area is 118 Å². The van der Waals surface area contributed by atoms with Crippen molar-refractivity contribution in [3.05, 3.63) is 53.3 Å². The monoisotopic (exact) mass is 276 g/mol. The highest BCUT2D eigenvalue weighted by Gasteiger charge is 2.05. The molecule has 1 aromatic carbocycles. The Kier molecular flexibility index (Phi) is 4.77. The van der Waals surface area contributed by atoms with Crippen molar-refractivity contribution >= 4 is 11.6 Å². The molecule has 4 heteroatoms. The van der Waals surface area contributed by atoms with Gasteiger partial charge in [-0.05, 0) is 49.9 Å². The minimum atomic E-state index is 0.245. The number of benzene rings is 1. The third-order valence-electron chi connectivity index (χ3n) is 2.76. The SMILES string of the molecule is CCNC(C)c1ccc(Oc2ccc(Cl)cc2)cn1. The van der Waals surface area contributed by atoms with Gasteiger partial charge in [-0.15, -0.1) is 0 Å². The van der Waals surface area contributed by atoms with Crippen molar-refractivity contribution in [1.29, 1.82) is 0 Å². The standard InChI is InChI=1S/C15H17ClN2O/c1-3-17-11(2)15-9-8-14(10-18-15)19-13-6-4-12(16)5-7-13/h4-11,17H,3H2,1-2H3. The van der Waals surface area contributed by atoms with Gasteiger partial charge in [-0.2, -0.15) is 0 Å². The summed E-state index contributed by atoms with van der Waals surface area (Å²) in [5.74, 6) is 1.47. The molecule has 0 saturated carbocycles. The molecule has 0 radical (unpaired) electrons. The summed E-state index contributed by atoms with van der Waals surface area (Å²) in [6.07, 6.45) is 1.73. The first kappa shape index (κ1) is 13.8. The minimum Gasteiger partial charge on any atom is -0.456 e. The molecule has 1 atom stereocenters. The fourth-order valence-electron chi connectivity index (χ4n) is 1.76. The Morgan fingerprint density at radius 1 is 1.16 bits per heavy atom. The predicted octanol–water partition coefficient (Wildman–Crippen LogP) is 4.20. The molecule has 0 bridgehead atoms. The summed E-state index contributed by atoms with van der Waals surface area (Å²) in [4.78, 5) is 4.40. The number of rotatable bonds is 5. The molecule has 19 heavy (non-hydrogen) atoms. The van der Waals surface area contributed by atoms with Crippen molar-refractivity contribution in [3.8, 4) is 11.5 Å². The minimum absolute atomic E-state index is 0.245. The number of nitrogens with zero attached hydrogens (tertiary/aromatic N) is 1. The van der Waals surface area contributed by atoms with Crippen LogP contribution in [0.15, 0.2) is 42.6 Å². The zero-order valence-corrected chi connectivity index (χ0v) is 11.8. The van der Waals surface area contributed by atoms with Gasteiger partial charge in [-0.25, -0.2) is 0 Å². The van der Waals surface area contributed by atoms with Gasteiger partial charge in [0.15, 0.2) is 0 Å². The van der Waals surface area contributed by atoms with E-state index in [0.29, 0.717) is 5.02 Å². The second kappa shape index (κ2) is 6.55. The summed E-state index contributed by atoms with van der Waals surface area (Å²) in [5, 5.41) is 4.01. The molecule has 0 aliphatic rings. The van der Waals surface area contributed by atoms with E-state index in [9.17, 15) is 0 Å². The van der Waals surface area contributed by atoms with Crippen LogP contribution in [0.1, 0.15) is 25.6 Å². The van der Waals surface area contributed by atoms with Crippen molar-refractivity contribution < 1.29 is 4.74 Å². The number of pyridine rings is 1. The highest BCUT2D eigenvalue weighted by atomic mass is 35.5. The van der Waals surface area contributed by atoms with Gasteiger partial charge in [-0.3, -0.25) is 4.98 Å². The molecule has 1 heterocycles. The number of nitrogens with one attached hydrogen (secondary N) is 1. The average molecular weight is 277 g/mol. The van der Waals surface area contributed by atoms with Crippen LogP contribution in [0.3, 0.4) is 0 Å². The van der Waals surface area contributed by atoms with E-state index in [2.05, 4.69) is 24.1 Å².